The Morgan fingerprint density at radius 3 is 2.57 bits per heavy atom. The van der Waals surface area contributed by atoms with Gasteiger partial charge in [0, 0.05) is 17.9 Å². The first kappa shape index (κ1) is 14.8. The Balaban J connectivity index is 1.79. The molecule has 116 valence electrons. The summed E-state index contributed by atoms with van der Waals surface area (Å²) >= 11 is 0. The first-order valence-corrected chi connectivity index (χ1v) is 8.26. The van der Waals surface area contributed by atoms with Crippen molar-refractivity contribution in [1.29, 1.82) is 0 Å². The molecule has 1 aromatic carbocycles. The van der Waals surface area contributed by atoms with Gasteiger partial charge < -0.3 is 10.1 Å². The number of hydrogen-bond acceptors (Lipinski definition) is 2. The average molecular weight is 291 g/mol. The van der Waals surface area contributed by atoms with Crippen molar-refractivity contribution in [2.24, 2.45) is 5.41 Å². The second kappa shape index (κ2) is 5.96. The van der Waals surface area contributed by atoms with Crippen LogP contribution in [-0.4, -0.2) is 19.2 Å². The Kier molecular flexibility index (Phi) is 4.21. The van der Waals surface area contributed by atoms with Gasteiger partial charge in [0.15, 0.2) is 11.6 Å². The summed E-state index contributed by atoms with van der Waals surface area (Å²) in [6, 6.07) is 5.65. The van der Waals surface area contributed by atoms with E-state index in [2.05, 4.69) is 5.32 Å². The molecule has 0 radical (unpaired) electrons. The van der Waals surface area contributed by atoms with E-state index in [1.807, 2.05) is 20.0 Å². The van der Waals surface area contributed by atoms with E-state index in [-0.39, 0.29) is 17.3 Å². The number of hydrogen-bond donors (Lipinski definition) is 1. The lowest BCUT2D eigenvalue weighted by molar-refractivity contribution is -0.0895. The van der Waals surface area contributed by atoms with Crippen LogP contribution in [0, 0.1) is 18.2 Å². The number of aryl methyl sites for hydroxylation is 1. The number of benzene rings is 1. The van der Waals surface area contributed by atoms with E-state index in [1.54, 1.807) is 6.07 Å². The molecule has 1 aromatic rings. The Hall–Kier alpha value is -1.09. The van der Waals surface area contributed by atoms with E-state index < -0.39 is 0 Å². The molecule has 0 bridgehead atoms. The minimum absolute atomic E-state index is 0.157. The van der Waals surface area contributed by atoms with Gasteiger partial charge >= 0.3 is 0 Å². The van der Waals surface area contributed by atoms with Gasteiger partial charge in [0.1, 0.15) is 6.10 Å². The standard InChI is InChI=1S/C18H26FNO/c1-13-7-8-14(19)15(11-13)21-17-12-16(20-2)18(17)9-5-3-4-6-10-18/h7-8,11,16-17,20H,3-6,9-10,12H2,1-2H3. The van der Waals surface area contributed by atoms with Crippen molar-refractivity contribution >= 4 is 0 Å². The van der Waals surface area contributed by atoms with E-state index in [0.29, 0.717) is 11.8 Å². The van der Waals surface area contributed by atoms with Gasteiger partial charge in [-0.25, -0.2) is 4.39 Å². The van der Waals surface area contributed by atoms with Crippen LogP contribution in [0.5, 0.6) is 5.75 Å². The lowest BCUT2D eigenvalue weighted by atomic mass is 9.58. The maximum atomic E-state index is 14.0. The topological polar surface area (TPSA) is 21.3 Å². The fraction of sp³-hybridized carbons (Fsp3) is 0.667. The van der Waals surface area contributed by atoms with Gasteiger partial charge in [-0.3, -0.25) is 0 Å². The van der Waals surface area contributed by atoms with Crippen LogP contribution in [0.4, 0.5) is 4.39 Å². The highest BCUT2D eigenvalue weighted by atomic mass is 19.1. The quantitative estimate of drug-likeness (QED) is 0.900. The van der Waals surface area contributed by atoms with Gasteiger partial charge in [-0.05, 0) is 44.5 Å². The highest BCUT2D eigenvalue weighted by molar-refractivity contribution is 5.30. The Labute approximate surface area is 127 Å². The molecule has 1 N–H and O–H groups in total. The number of halogens is 1. The first-order chi connectivity index (χ1) is 10.2. The Morgan fingerprint density at radius 1 is 1.19 bits per heavy atom. The summed E-state index contributed by atoms with van der Waals surface area (Å²) in [5, 5.41) is 3.46. The highest BCUT2D eigenvalue weighted by Gasteiger charge is 2.55. The molecule has 0 saturated heterocycles. The van der Waals surface area contributed by atoms with Gasteiger partial charge in [0.05, 0.1) is 0 Å². The molecule has 0 aromatic heterocycles. The molecule has 1 spiro atoms. The summed E-state index contributed by atoms with van der Waals surface area (Å²) in [4.78, 5) is 0. The molecule has 2 aliphatic rings. The maximum Gasteiger partial charge on any atom is 0.165 e. The summed E-state index contributed by atoms with van der Waals surface area (Å²) < 4.78 is 20.1. The summed E-state index contributed by atoms with van der Waals surface area (Å²) in [6.45, 7) is 1.98. The molecule has 21 heavy (non-hydrogen) atoms. The summed E-state index contributed by atoms with van der Waals surface area (Å²) in [5.74, 6) is 0.190. The number of ether oxygens (including phenoxy) is 1. The molecule has 2 unspecified atom stereocenters. The lowest BCUT2D eigenvalue weighted by Crippen LogP contribution is -2.64. The van der Waals surface area contributed by atoms with Crippen LogP contribution >= 0.6 is 0 Å². The van der Waals surface area contributed by atoms with Crippen molar-refractivity contribution in [3.05, 3.63) is 29.6 Å². The Bertz CT molecular complexity index is 494. The summed E-state index contributed by atoms with van der Waals surface area (Å²) in [6.07, 6.45) is 8.75. The predicted octanol–water partition coefficient (Wildman–Crippen LogP) is 4.21. The first-order valence-electron chi connectivity index (χ1n) is 8.26. The van der Waals surface area contributed by atoms with Gasteiger partial charge in [0.25, 0.3) is 0 Å². The van der Waals surface area contributed by atoms with Crippen LogP contribution in [0.2, 0.25) is 0 Å². The lowest BCUT2D eigenvalue weighted by Gasteiger charge is -2.55. The third-order valence-electron chi connectivity index (χ3n) is 5.52. The van der Waals surface area contributed by atoms with Crippen molar-refractivity contribution in [2.75, 3.05) is 7.05 Å². The molecule has 2 atom stereocenters. The van der Waals surface area contributed by atoms with Gasteiger partial charge in [0.2, 0.25) is 0 Å². The van der Waals surface area contributed by atoms with Gasteiger partial charge in [-0.15, -0.1) is 0 Å². The molecule has 2 aliphatic carbocycles. The zero-order valence-corrected chi connectivity index (χ0v) is 13.1. The smallest absolute Gasteiger partial charge is 0.165 e. The van der Waals surface area contributed by atoms with E-state index in [1.165, 1.54) is 44.6 Å². The second-order valence-electron chi connectivity index (χ2n) is 6.76. The van der Waals surface area contributed by atoms with Crippen molar-refractivity contribution in [2.45, 2.75) is 64.0 Å². The molecular weight excluding hydrogens is 265 g/mol. The van der Waals surface area contributed by atoms with Gasteiger partial charge in [-0.1, -0.05) is 31.7 Å². The SMILES string of the molecule is CNC1CC(Oc2cc(C)ccc2F)C12CCCCCC2. The second-order valence-corrected chi connectivity index (χ2v) is 6.76. The highest BCUT2D eigenvalue weighted by Crippen LogP contribution is 2.52. The average Bonchev–Trinajstić information content (AvgIpc) is 2.74. The van der Waals surface area contributed by atoms with Crippen molar-refractivity contribution < 1.29 is 9.13 Å². The molecule has 2 nitrogen and oxygen atoms in total. The van der Waals surface area contributed by atoms with Crippen LogP contribution in [0.1, 0.15) is 50.5 Å². The largest absolute Gasteiger partial charge is 0.487 e. The molecule has 2 saturated carbocycles. The molecular formula is C18H26FNO. The third-order valence-corrected chi connectivity index (χ3v) is 5.52. The third kappa shape index (κ3) is 2.68. The summed E-state index contributed by atoms with van der Waals surface area (Å²) in [7, 11) is 2.04. The Morgan fingerprint density at radius 2 is 1.90 bits per heavy atom. The van der Waals surface area contributed by atoms with Gasteiger partial charge in [-0.2, -0.15) is 0 Å². The molecule has 0 heterocycles. The van der Waals surface area contributed by atoms with E-state index in [4.69, 9.17) is 4.74 Å². The molecule has 0 aliphatic heterocycles. The zero-order valence-electron chi connectivity index (χ0n) is 13.1. The minimum Gasteiger partial charge on any atom is -0.487 e. The van der Waals surface area contributed by atoms with Crippen LogP contribution in [-0.2, 0) is 0 Å². The zero-order chi connectivity index (χ0) is 14.9. The molecule has 3 heteroatoms. The van der Waals surface area contributed by atoms with Crippen LogP contribution in [0.3, 0.4) is 0 Å². The predicted molar refractivity (Wildman–Crippen MR) is 83.2 cm³/mol. The van der Waals surface area contributed by atoms with Crippen molar-refractivity contribution in [1.82, 2.24) is 5.32 Å². The molecule has 0 amide bonds. The number of rotatable bonds is 3. The maximum absolute atomic E-state index is 14.0. The molecule has 2 fully saturated rings. The monoisotopic (exact) mass is 291 g/mol. The van der Waals surface area contributed by atoms with E-state index >= 15 is 0 Å². The fourth-order valence-electron chi connectivity index (χ4n) is 4.23. The van der Waals surface area contributed by atoms with Crippen molar-refractivity contribution in [3.63, 3.8) is 0 Å². The fourth-order valence-corrected chi connectivity index (χ4v) is 4.23. The van der Waals surface area contributed by atoms with Crippen LogP contribution in [0.25, 0.3) is 0 Å². The minimum atomic E-state index is -0.239. The summed E-state index contributed by atoms with van der Waals surface area (Å²) in [5.41, 5.74) is 1.26. The van der Waals surface area contributed by atoms with E-state index in [0.717, 1.165) is 12.0 Å². The van der Waals surface area contributed by atoms with Crippen LogP contribution in [0.15, 0.2) is 18.2 Å². The van der Waals surface area contributed by atoms with Crippen molar-refractivity contribution in [3.8, 4) is 5.75 Å². The molecule has 3 rings (SSSR count). The number of nitrogens with one attached hydrogen (secondary N) is 1. The normalized spacial score (nSPS) is 28.0. The van der Waals surface area contributed by atoms with E-state index in [9.17, 15) is 4.39 Å². The van der Waals surface area contributed by atoms with Crippen LogP contribution < -0.4 is 10.1 Å².